The van der Waals surface area contributed by atoms with Crippen molar-refractivity contribution in [3.05, 3.63) is 113 Å². The van der Waals surface area contributed by atoms with Gasteiger partial charge in [-0.05, 0) is 70.4 Å². The Labute approximate surface area is 257 Å². The van der Waals surface area contributed by atoms with E-state index in [9.17, 15) is 10.5 Å². The van der Waals surface area contributed by atoms with Crippen molar-refractivity contribution in [1.82, 2.24) is 0 Å². The van der Waals surface area contributed by atoms with E-state index in [1.54, 1.807) is 36.4 Å². The number of halogens is 2. The van der Waals surface area contributed by atoms with E-state index in [2.05, 4.69) is 12.1 Å². The van der Waals surface area contributed by atoms with Crippen molar-refractivity contribution in [3.8, 4) is 35.1 Å². The predicted octanol–water partition coefficient (Wildman–Crippen LogP) is 9.36. The van der Waals surface area contributed by atoms with Gasteiger partial charge >= 0.3 is 0 Å². The number of hydrogen-bond acceptors (Lipinski definition) is 8. The number of thiophene rings is 2. The molecule has 0 radical (unpaired) electrons. The number of nitriles is 2. The molecule has 42 heavy (non-hydrogen) atoms. The number of ether oxygens (including phenoxy) is 2. The first kappa shape index (κ1) is 26.2. The van der Waals surface area contributed by atoms with E-state index in [0.717, 1.165) is 20.9 Å². The largest absolute Gasteiger partial charge is 0.451 e. The smallest absolute Gasteiger partial charge is 0.175 e. The van der Waals surface area contributed by atoms with Crippen molar-refractivity contribution in [2.45, 2.75) is 0 Å². The van der Waals surface area contributed by atoms with Crippen molar-refractivity contribution in [3.63, 3.8) is 0 Å². The second kappa shape index (κ2) is 10.6. The number of nitrogens with zero attached hydrogens (tertiary/aromatic N) is 4. The summed E-state index contributed by atoms with van der Waals surface area (Å²) in [7, 11) is 0. The third-order valence-corrected chi connectivity index (χ3v) is 9.04. The molecular weight excluding hydrogens is 607 g/mol. The summed E-state index contributed by atoms with van der Waals surface area (Å²) < 4.78 is 12.5. The lowest BCUT2D eigenvalue weighted by Gasteiger charge is -2.21. The molecule has 0 saturated heterocycles. The number of rotatable bonds is 4. The minimum Gasteiger partial charge on any atom is -0.451 e. The van der Waals surface area contributed by atoms with E-state index >= 15 is 0 Å². The topological polar surface area (TPSA) is 90.8 Å². The lowest BCUT2D eigenvalue weighted by atomic mass is 10.1. The molecule has 2 aliphatic heterocycles. The Morgan fingerprint density at radius 3 is 1.52 bits per heavy atom. The van der Waals surface area contributed by atoms with Gasteiger partial charge < -0.3 is 9.47 Å². The lowest BCUT2D eigenvalue weighted by molar-refractivity contribution is 0.451. The molecule has 6 nitrogen and oxygen atoms in total. The Balaban J connectivity index is 1.28. The molecule has 0 spiro atoms. The Bertz CT molecular complexity index is 2030. The second-order valence-electron chi connectivity index (χ2n) is 9.16. The maximum Gasteiger partial charge on any atom is 0.175 e. The van der Waals surface area contributed by atoms with Crippen LogP contribution < -0.4 is 20.2 Å². The zero-order valence-corrected chi connectivity index (χ0v) is 24.4. The van der Waals surface area contributed by atoms with Crippen LogP contribution in [-0.4, -0.2) is 0 Å². The summed E-state index contributed by atoms with van der Waals surface area (Å²) in [5.41, 5.74) is 3.79. The van der Waals surface area contributed by atoms with Gasteiger partial charge in [-0.3, -0.25) is 0 Å². The summed E-state index contributed by atoms with van der Waals surface area (Å²) in [4.78, 5) is 11.2. The average Bonchev–Trinajstić information content (AvgIpc) is 3.75. The van der Waals surface area contributed by atoms with Gasteiger partial charge in [0, 0.05) is 9.75 Å². The van der Waals surface area contributed by atoms with Crippen LogP contribution in [0.15, 0.2) is 81.4 Å². The molecule has 0 unspecified atom stereocenters. The normalized spacial score (nSPS) is 13.0. The minimum absolute atomic E-state index is 0.218. The van der Waals surface area contributed by atoms with E-state index in [1.165, 1.54) is 22.7 Å². The highest BCUT2D eigenvalue weighted by Gasteiger charge is 2.27. The maximum atomic E-state index is 9.65. The molecule has 0 saturated carbocycles. The van der Waals surface area contributed by atoms with Crippen molar-refractivity contribution in [2.75, 3.05) is 0 Å². The number of fused-ring (bicyclic) bond motifs is 4. The average molecular weight is 622 g/mol. The first-order chi connectivity index (χ1) is 20.5. The minimum atomic E-state index is 0.218. The van der Waals surface area contributed by atoms with Crippen LogP contribution in [0.1, 0.15) is 20.9 Å². The lowest BCUT2D eigenvalue weighted by Crippen LogP contribution is -2.22. The maximum absolute atomic E-state index is 9.65. The van der Waals surface area contributed by atoms with E-state index < -0.39 is 0 Å². The zero-order chi connectivity index (χ0) is 28.8. The van der Waals surface area contributed by atoms with Gasteiger partial charge in [-0.2, -0.15) is 10.5 Å². The molecule has 4 heterocycles. The Morgan fingerprint density at radius 1 is 0.690 bits per heavy atom. The van der Waals surface area contributed by atoms with Gasteiger partial charge in [0.15, 0.2) is 23.0 Å². The highest BCUT2D eigenvalue weighted by Crippen LogP contribution is 2.43. The summed E-state index contributed by atoms with van der Waals surface area (Å²) >= 11 is 16.6. The van der Waals surface area contributed by atoms with Gasteiger partial charge in [0.25, 0.3) is 0 Å². The van der Waals surface area contributed by atoms with Crippen LogP contribution in [0, 0.1) is 22.7 Å². The third kappa shape index (κ3) is 4.57. The fraction of sp³-hybridized carbons (Fsp3) is 0. The molecule has 10 heteroatoms. The monoisotopic (exact) mass is 620 g/mol. The van der Waals surface area contributed by atoms with Crippen molar-refractivity contribution < 1.29 is 9.47 Å². The number of hydrogen-bond donors (Lipinski definition) is 0. The third-order valence-electron chi connectivity index (χ3n) is 6.54. The molecule has 200 valence electrons. The summed E-state index contributed by atoms with van der Waals surface area (Å²) in [6.45, 7) is 0. The molecule has 0 amide bonds. The quantitative estimate of drug-likeness (QED) is 0.183. The summed E-state index contributed by atoms with van der Waals surface area (Å²) in [5.74, 6) is 1.51. The summed E-state index contributed by atoms with van der Waals surface area (Å²) in [6.07, 6.45) is 3.60. The SMILES string of the molecule is N#C/C(=C\c1ccc2c(c1)Oc1c(Cl)c3c(c(Cl)c1=N2)Oc1cc(/C=C(\C#N)c2cccs2)ccc1N=3)c1cccs1. The zero-order valence-electron chi connectivity index (χ0n) is 21.3. The molecule has 0 bridgehead atoms. The van der Waals surface area contributed by atoms with Crippen LogP contribution in [0.25, 0.3) is 23.3 Å². The predicted molar refractivity (Wildman–Crippen MR) is 167 cm³/mol. The first-order valence-electron chi connectivity index (χ1n) is 12.5. The van der Waals surface area contributed by atoms with Gasteiger partial charge in [0.1, 0.15) is 44.3 Å². The van der Waals surface area contributed by atoms with Crippen LogP contribution in [0.3, 0.4) is 0 Å². The van der Waals surface area contributed by atoms with Gasteiger partial charge in [-0.25, -0.2) is 9.98 Å². The fourth-order valence-electron chi connectivity index (χ4n) is 4.57. The highest BCUT2D eigenvalue weighted by molar-refractivity contribution is 7.11. The van der Waals surface area contributed by atoms with Gasteiger partial charge in [-0.1, -0.05) is 47.5 Å². The second-order valence-corrected chi connectivity index (χ2v) is 11.8. The Morgan fingerprint density at radius 2 is 1.14 bits per heavy atom. The van der Waals surface area contributed by atoms with Crippen molar-refractivity contribution in [2.24, 2.45) is 9.98 Å². The van der Waals surface area contributed by atoms with Crippen LogP contribution >= 0.6 is 45.9 Å². The highest BCUT2D eigenvalue weighted by atomic mass is 35.5. The fourth-order valence-corrected chi connectivity index (χ4v) is 6.47. The molecule has 5 aromatic rings. The van der Waals surface area contributed by atoms with Crippen molar-refractivity contribution >= 4 is 80.5 Å². The van der Waals surface area contributed by atoms with Crippen molar-refractivity contribution in [1.29, 1.82) is 10.5 Å². The molecule has 3 aromatic carbocycles. The van der Waals surface area contributed by atoms with Crippen LogP contribution in [-0.2, 0) is 0 Å². The molecule has 7 rings (SSSR count). The van der Waals surface area contributed by atoms with Crippen LogP contribution in [0.5, 0.6) is 23.0 Å². The molecule has 0 aliphatic carbocycles. The van der Waals surface area contributed by atoms with Gasteiger partial charge in [0.05, 0.1) is 11.1 Å². The standard InChI is InChI=1S/C32H14Cl2N4O2S2/c33-27-30-32(40-24-14-18(6-8-22(24)38-30)12-20(16-36)26-4-2-10-42-26)28(34)29-31(27)39-23-13-17(5-7-21(23)37-29)11-19(15-35)25-3-1-9-41-25/h1-14H/b19-11+,20-12+. The molecular formula is C32H14Cl2N4O2S2. The van der Waals surface area contributed by atoms with E-state index in [1.807, 2.05) is 47.2 Å². The number of benzene rings is 3. The van der Waals surface area contributed by atoms with Crippen LogP contribution in [0.4, 0.5) is 11.4 Å². The van der Waals surface area contributed by atoms with E-state index in [-0.39, 0.29) is 21.5 Å². The molecule has 0 fully saturated rings. The molecule has 2 aliphatic rings. The molecule has 2 aromatic heterocycles. The van der Waals surface area contributed by atoms with Gasteiger partial charge in [0.2, 0.25) is 0 Å². The summed E-state index contributed by atoms with van der Waals surface area (Å²) in [6, 6.07) is 23.1. The van der Waals surface area contributed by atoms with Gasteiger partial charge in [-0.15, -0.1) is 22.7 Å². The Hall–Kier alpha value is -4.70. The Kier molecular flexibility index (Phi) is 6.62. The van der Waals surface area contributed by atoms with Crippen LogP contribution in [0.2, 0.25) is 10.0 Å². The van der Waals surface area contributed by atoms with E-state index in [0.29, 0.717) is 44.7 Å². The summed E-state index contributed by atoms with van der Waals surface area (Å²) in [5, 5.41) is 24.3. The molecule has 0 atom stereocenters. The molecule has 0 N–H and O–H groups in total. The van der Waals surface area contributed by atoms with E-state index in [4.69, 9.17) is 42.7 Å². The first-order valence-corrected chi connectivity index (χ1v) is 15.0. The number of allylic oxidation sites excluding steroid dienone is 2.